The molecule has 14 aromatic rings. The molecule has 1 aliphatic rings. The van der Waals surface area contributed by atoms with Crippen molar-refractivity contribution in [3.05, 3.63) is 278 Å². The van der Waals surface area contributed by atoms with E-state index in [-0.39, 0.29) is 5.41 Å². The minimum Gasteiger partial charge on any atom is -0.456 e. The van der Waals surface area contributed by atoms with Crippen molar-refractivity contribution in [2.45, 2.75) is 19.3 Å². The standard InChI is InChI=1S/C73H50N2O/c1-73(2)68-45-55(37-40-63(68)64-41-38-56(46-69(64)73)75(52-17-4-3-5-18-52)70-25-14-16-49-15-6-7-19-57(49)70)74(54-35-29-48(30-36-54)51-32-42-72-67(44-51)65-24-12-13-26-71(65)76-72)53-33-27-47(28-34-53)50-31-39-62-60-22-9-8-20-58(60)59-21-10-11-23-61(59)66(62)43-50/h3-46H,1-2H3. The second-order valence-electron chi connectivity index (χ2n) is 20.8. The molecular weight excluding hydrogens is 921 g/mol. The van der Waals surface area contributed by atoms with Crippen molar-refractivity contribution in [1.82, 2.24) is 0 Å². The van der Waals surface area contributed by atoms with Gasteiger partial charge in [-0.25, -0.2) is 0 Å². The Balaban J connectivity index is 0.834. The monoisotopic (exact) mass is 970 g/mol. The predicted molar refractivity (Wildman–Crippen MR) is 322 cm³/mol. The zero-order valence-corrected chi connectivity index (χ0v) is 42.2. The van der Waals surface area contributed by atoms with Crippen LogP contribution in [0.2, 0.25) is 0 Å². The van der Waals surface area contributed by atoms with Gasteiger partial charge in [0.25, 0.3) is 0 Å². The van der Waals surface area contributed by atoms with E-state index in [0.29, 0.717) is 0 Å². The number of hydrogen-bond donors (Lipinski definition) is 0. The van der Waals surface area contributed by atoms with Crippen molar-refractivity contribution in [1.29, 1.82) is 0 Å². The first-order chi connectivity index (χ1) is 37.4. The molecule has 0 aliphatic heterocycles. The molecule has 3 heteroatoms. The molecule has 15 rings (SSSR count). The fourth-order valence-electron chi connectivity index (χ4n) is 12.4. The molecule has 3 nitrogen and oxygen atoms in total. The average molecular weight is 971 g/mol. The molecule has 0 saturated heterocycles. The molecule has 1 heterocycles. The van der Waals surface area contributed by atoms with Gasteiger partial charge in [-0.15, -0.1) is 0 Å². The summed E-state index contributed by atoms with van der Waals surface area (Å²) in [4.78, 5) is 4.84. The van der Waals surface area contributed by atoms with Gasteiger partial charge in [-0.3, -0.25) is 0 Å². The number of nitrogens with zero attached hydrogens (tertiary/aromatic N) is 2. The highest BCUT2D eigenvalue weighted by molar-refractivity contribution is 6.25. The lowest BCUT2D eigenvalue weighted by atomic mass is 9.82. The SMILES string of the molecule is CC1(C)c2cc(N(c3ccc(-c4ccc5oc6ccccc6c5c4)cc3)c3ccc(-c4ccc5c6ccccc6c6ccccc6c5c4)cc3)ccc2-c2ccc(N(c3ccccc3)c3cccc4ccccc34)cc21. The fraction of sp³-hybridized carbons (Fsp3) is 0.0411. The van der Waals surface area contributed by atoms with Gasteiger partial charge < -0.3 is 14.2 Å². The number of anilines is 6. The summed E-state index contributed by atoms with van der Waals surface area (Å²) in [5, 5.41) is 12.4. The molecule has 0 atom stereocenters. The Morgan fingerprint density at radius 3 is 1.34 bits per heavy atom. The minimum atomic E-state index is -0.293. The summed E-state index contributed by atoms with van der Waals surface area (Å²) in [6, 6.07) is 97.8. The zero-order valence-electron chi connectivity index (χ0n) is 42.2. The maximum atomic E-state index is 6.20. The Hall–Kier alpha value is -9.70. The smallest absolute Gasteiger partial charge is 0.135 e. The number of para-hydroxylation sites is 2. The van der Waals surface area contributed by atoms with E-state index < -0.39 is 0 Å². The van der Waals surface area contributed by atoms with Gasteiger partial charge in [-0.1, -0.05) is 190 Å². The van der Waals surface area contributed by atoms with E-state index >= 15 is 0 Å². The topological polar surface area (TPSA) is 19.6 Å². The third-order valence-corrected chi connectivity index (χ3v) is 16.2. The Labute approximate surface area is 441 Å². The Bertz CT molecular complexity index is 4570. The quantitative estimate of drug-likeness (QED) is 0.142. The molecule has 0 radical (unpaired) electrons. The third-order valence-electron chi connectivity index (χ3n) is 16.2. The molecule has 1 aliphatic carbocycles. The van der Waals surface area contributed by atoms with Crippen LogP contribution in [0.15, 0.2) is 271 Å². The van der Waals surface area contributed by atoms with Crippen LogP contribution in [0.4, 0.5) is 34.1 Å². The molecule has 358 valence electrons. The minimum absolute atomic E-state index is 0.293. The van der Waals surface area contributed by atoms with Crippen LogP contribution in [-0.2, 0) is 5.41 Å². The lowest BCUT2D eigenvalue weighted by molar-refractivity contribution is 0.660. The van der Waals surface area contributed by atoms with Crippen LogP contribution in [0.1, 0.15) is 25.0 Å². The Kier molecular flexibility index (Phi) is 9.92. The van der Waals surface area contributed by atoms with E-state index in [2.05, 4.69) is 278 Å². The molecule has 0 fully saturated rings. The molecule has 13 aromatic carbocycles. The van der Waals surface area contributed by atoms with Crippen LogP contribution in [0.25, 0.3) is 98.4 Å². The summed E-state index contributed by atoms with van der Waals surface area (Å²) >= 11 is 0. The summed E-state index contributed by atoms with van der Waals surface area (Å²) in [6.45, 7) is 4.78. The van der Waals surface area contributed by atoms with E-state index in [0.717, 1.165) is 67.2 Å². The van der Waals surface area contributed by atoms with Crippen LogP contribution in [0.5, 0.6) is 0 Å². The van der Waals surface area contributed by atoms with Gasteiger partial charge in [-0.2, -0.15) is 0 Å². The second kappa shape index (κ2) is 17.2. The van der Waals surface area contributed by atoms with Gasteiger partial charge >= 0.3 is 0 Å². The molecular formula is C73H50N2O. The van der Waals surface area contributed by atoms with Crippen molar-refractivity contribution < 1.29 is 4.42 Å². The maximum absolute atomic E-state index is 6.20. The fourth-order valence-corrected chi connectivity index (χ4v) is 12.4. The lowest BCUT2D eigenvalue weighted by Gasteiger charge is -2.29. The van der Waals surface area contributed by atoms with E-state index in [1.165, 1.54) is 76.5 Å². The lowest BCUT2D eigenvalue weighted by Crippen LogP contribution is -2.17. The van der Waals surface area contributed by atoms with Crippen LogP contribution in [0.3, 0.4) is 0 Å². The summed E-state index contributed by atoms with van der Waals surface area (Å²) < 4.78 is 6.20. The summed E-state index contributed by atoms with van der Waals surface area (Å²) in [5.41, 5.74) is 18.1. The van der Waals surface area contributed by atoms with Gasteiger partial charge in [0.05, 0.1) is 5.69 Å². The van der Waals surface area contributed by atoms with E-state index in [1.807, 2.05) is 12.1 Å². The first kappa shape index (κ1) is 43.8. The highest BCUT2D eigenvalue weighted by Gasteiger charge is 2.37. The largest absolute Gasteiger partial charge is 0.456 e. The zero-order chi connectivity index (χ0) is 50.5. The molecule has 0 N–H and O–H groups in total. The Morgan fingerprint density at radius 1 is 0.276 bits per heavy atom. The van der Waals surface area contributed by atoms with E-state index in [9.17, 15) is 0 Å². The number of rotatable bonds is 8. The van der Waals surface area contributed by atoms with Gasteiger partial charge in [-0.05, 0) is 173 Å². The number of benzene rings is 13. The van der Waals surface area contributed by atoms with Crippen molar-refractivity contribution in [3.63, 3.8) is 0 Å². The summed E-state index contributed by atoms with van der Waals surface area (Å²) in [7, 11) is 0. The third kappa shape index (κ3) is 6.97. The van der Waals surface area contributed by atoms with Crippen molar-refractivity contribution in [3.8, 4) is 33.4 Å². The normalized spacial score (nSPS) is 12.7. The second-order valence-corrected chi connectivity index (χ2v) is 20.8. The van der Waals surface area contributed by atoms with Crippen LogP contribution in [0, 0.1) is 0 Å². The van der Waals surface area contributed by atoms with Gasteiger partial charge in [0.15, 0.2) is 0 Å². The molecule has 76 heavy (non-hydrogen) atoms. The average Bonchev–Trinajstić information content (AvgIpc) is 3.98. The highest BCUT2D eigenvalue weighted by Crippen LogP contribution is 2.53. The first-order valence-electron chi connectivity index (χ1n) is 26.3. The maximum Gasteiger partial charge on any atom is 0.135 e. The summed E-state index contributed by atoms with van der Waals surface area (Å²) in [6.07, 6.45) is 0. The van der Waals surface area contributed by atoms with Crippen LogP contribution >= 0.6 is 0 Å². The number of furan rings is 1. The highest BCUT2D eigenvalue weighted by atomic mass is 16.3. The van der Waals surface area contributed by atoms with Crippen LogP contribution in [-0.4, -0.2) is 0 Å². The van der Waals surface area contributed by atoms with Crippen LogP contribution < -0.4 is 9.80 Å². The van der Waals surface area contributed by atoms with E-state index in [4.69, 9.17) is 4.42 Å². The van der Waals surface area contributed by atoms with Crippen molar-refractivity contribution >= 4 is 99.2 Å². The van der Waals surface area contributed by atoms with Gasteiger partial charge in [0.1, 0.15) is 11.2 Å². The summed E-state index contributed by atoms with van der Waals surface area (Å²) in [5.74, 6) is 0. The number of fused-ring (bicyclic) bond motifs is 13. The molecule has 0 bridgehead atoms. The Morgan fingerprint density at radius 2 is 0.711 bits per heavy atom. The van der Waals surface area contributed by atoms with E-state index in [1.54, 1.807) is 0 Å². The molecule has 0 saturated carbocycles. The van der Waals surface area contributed by atoms with Gasteiger partial charge in [0, 0.05) is 50.0 Å². The molecule has 0 unspecified atom stereocenters. The molecule has 0 spiro atoms. The van der Waals surface area contributed by atoms with Crippen molar-refractivity contribution in [2.24, 2.45) is 0 Å². The van der Waals surface area contributed by atoms with Gasteiger partial charge in [0.2, 0.25) is 0 Å². The number of hydrogen-bond acceptors (Lipinski definition) is 3. The van der Waals surface area contributed by atoms with Crippen molar-refractivity contribution in [2.75, 3.05) is 9.80 Å². The predicted octanol–water partition coefficient (Wildman–Crippen LogP) is 20.8. The molecule has 1 aromatic heterocycles. The molecule has 0 amide bonds. The first-order valence-corrected chi connectivity index (χ1v) is 26.3.